The summed E-state index contributed by atoms with van der Waals surface area (Å²) in [4.78, 5) is 31.6. The van der Waals surface area contributed by atoms with Gasteiger partial charge < -0.3 is 4.42 Å². The van der Waals surface area contributed by atoms with Crippen LogP contribution in [0.4, 0.5) is 5.13 Å². The van der Waals surface area contributed by atoms with Crippen molar-refractivity contribution in [2.75, 3.05) is 18.1 Å². The molecule has 0 saturated carbocycles. The van der Waals surface area contributed by atoms with Gasteiger partial charge in [-0.1, -0.05) is 46.3 Å². The highest BCUT2D eigenvalue weighted by atomic mass is 79.9. The zero-order valence-electron chi connectivity index (χ0n) is 22.4. The van der Waals surface area contributed by atoms with Crippen LogP contribution < -0.4 is 10.4 Å². The van der Waals surface area contributed by atoms with Crippen LogP contribution in [0.2, 0.25) is 0 Å². The van der Waals surface area contributed by atoms with Gasteiger partial charge in [0.25, 0.3) is 5.91 Å². The number of thiazole rings is 1. The molecule has 3 aromatic carbocycles. The van der Waals surface area contributed by atoms with Gasteiger partial charge >= 0.3 is 0 Å². The summed E-state index contributed by atoms with van der Waals surface area (Å²) < 4.78 is 35.3. The minimum absolute atomic E-state index is 0.127. The second kappa shape index (κ2) is 11.5. The summed E-state index contributed by atoms with van der Waals surface area (Å²) in [5.41, 5.74) is 1.20. The van der Waals surface area contributed by atoms with Crippen LogP contribution in [0.5, 0.6) is 0 Å². The first-order valence-electron chi connectivity index (χ1n) is 13.3. The smallest absolute Gasteiger partial charge is 0.280 e. The molecule has 1 unspecified atom stereocenters. The molecule has 1 amide bonds. The molecule has 0 bridgehead atoms. The van der Waals surface area contributed by atoms with Crippen molar-refractivity contribution in [3.63, 3.8) is 0 Å². The van der Waals surface area contributed by atoms with Crippen LogP contribution in [0.1, 0.15) is 35.7 Å². The fraction of sp³-hybridized carbons (Fsp3) is 0.200. The zero-order chi connectivity index (χ0) is 29.4. The molecule has 5 aromatic rings. The van der Waals surface area contributed by atoms with Crippen molar-refractivity contribution in [3.8, 4) is 0 Å². The van der Waals surface area contributed by atoms with Gasteiger partial charge in [0.1, 0.15) is 11.8 Å². The van der Waals surface area contributed by atoms with Crippen molar-refractivity contribution < 1.29 is 17.6 Å². The van der Waals surface area contributed by atoms with E-state index in [-0.39, 0.29) is 26.6 Å². The Kier molecular flexibility index (Phi) is 7.79. The maximum Gasteiger partial charge on any atom is 0.280 e. The number of fused-ring (bicyclic) bond motifs is 2. The van der Waals surface area contributed by atoms with Crippen LogP contribution in [-0.4, -0.2) is 42.9 Å². The number of hydrogen-bond acceptors (Lipinski definition) is 8. The number of carbonyl (C=O) groups is 1. The molecule has 2 aromatic heterocycles. The lowest BCUT2D eigenvalue weighted by Gasteiger charge is -2.30. The average molecular weight is 666 g/mol. The molecule has 0 N–H and O–H groups in total. The Hall–Kier alpha value is -3.71. The lowest BCUT2D eigenvalue weighted by atomic mass is 10.0. The summed E-state index contributed by atoms with van der Waals surface area (Å²) in [6, 6.07) is 18.3. The van der Waals surface area contributed by atoms with Gasteiger partial charge in [-0.15, -0.1) is 0 Å². The van der Waals surface area contributed by atoms with E-state index < -0.39 is 15.9 Å². The Morgan fingerprint density at radius 3 is 2.74 bits per heavy atom. The molecule has 1 aliphatic heterocycles. The largest absolute Gasteiger partial charge is 0.463 e. The quantitative estimate of drug-likeness (QED) is 0.156. The van der Waals surface area contributed by atoms with Crippen LogP contribution in [0.25, 0.3) is 21.2 Å². The molecular formula is C30H25BrN4O5S2. The van der Waals surface area contributed by atoms with Gasteiger partial charge in [-0.3, -0.25) is 9.59 Å². The molecule has 0 radical (unpaired) electrons. The van der Waals surface area contributed by atoms with Gasteiger partial charge in [-0.2, -0.15) is 14.4 Å². The monoisotopic (exact) mass is 664 g/mol. The zero-order valence-corrected chi connectivity index (χ0v) is 25.7. The van der Waals surface area contributed by atoms with Crippen LogP contribution in [0, 0.1) is 5.92 Å². The molecule has 1 fully saturated rings. The van der Waals surface area contributed by atoms with Crippen molar-refractivity contribution in [1.82, 2.24) is 9.29 Å². The van der Waals surface area contributed by atoms with Crippen molar-refractivity contribution in [1.29, 1.82) is 0 Å². The molecule has 1 atom stereocenters. The number of aromatic nitrogens is 1. The highest BCUT2D eigenvalue weighted by Gasteiger charge is 2.29. The molecular weight excluding hydrogens is 640 g/mol. The van der Waals surface area contributed by atoms with Gasteiger partial charge in [0.2, 0.25) is 20.6 Å². The number of sulfonamides is 1. The van der Waals surface area contributed by atoms with Crippen LogP contribution in [0.15, 0.2) is 96.7 Å². The van der Waals surface area contributed by atoms with Crippen molar-refractivity contribution in [2.24, 2.45) is 11.0 Å². The van der Waals surface area contributed by atoms with E-state index in [1.807, 2.05) is 25.1 Å². The fourth-order valence-corrected chi connectivity index (χ4v) is 7.95. The van der Waals surface area contributed by atoms with Crippen molar-refractivity contribution >= 4 is 75.7 Å². The average Bonchev–Trinajstić information content (AvgIpc) is 3.41. The highest BCUT2D eigenvalue weighted by Crippen LogP contribution is 2.32. The van der Waals surface area contributed by atoms with Gasteiger partial charge in [-0.25, -0.2) is 13.4 Å². The molecule has 0 spiro atoms. The summed E-state index contributed by atoms with van der Waals surface area (Å²) in [7, 11) is -3.68. The predicted octanol–water partition coefficient (Wildman–Crippen LogP) is 6.27. The highest BCUT2D eigenvalue weighted by molar-refractivity contribution is 9.10. The molecule has 214 valence electrons. The minimum Gasteiger partial charge on any atom is -0.463 e. The van der Waals surface area contributed by atoms with E-state index in [1.54, 1.807) is 24.3 Å². The third-order valence-corrected chi connectivity index (χ3v) is 10.5. The number of para-hydroxylation sites is 1. The molecule has 1 aliphatic rings. The third-order valence-electron chi connectivity index (χ3n) is 7.09. The van der Waals surface area contributed by atoms with Gasteiger partial charge in [-0.05, 0) is 73.4 Å². The minimum atomic E-state index is -3.68. The van der Waals surface area contributed by atoms with E-state index in [0.717, 1.165) is 27.0 Å². The summed E-state index contributed by atoms with van der Waals surface area (Å²) >= 11 is 4.72. The van der Waals surface area contributed by atoms with Crippen LogP contribution >= 0.6 is 27.3 Å². The van der Waals surface area contributed by atoms with E-state index in [0.29, 0.717) is 35.5 Å². The number of hydrogen-bond donors (Lipinski definition) is 0. The van der Waals surface area contributed by atoms with Crippen molar-refractivity contribution in [2.45, 2.75) is 24.7 Å². The number of amides is 1. The molecule has 42 heavy (non-hydrogen) atoms. The number of carbonyl (C=O) groups excluding carboxylic acids is 1. The maximum atomic E-state index is 13.8. The summed E-state index contributed by atoms with van der Waals surface area (Å²) in [5, 5.41) is 6.18. The lowest BCUT2D eigenvalue weighted by molar-refractivity contribution is 0.0987. The van der Waals surface area contributed by atoms with E-state index in [4.69, 9.17) is 4.42 Å². The van der Waals surface area contributed by atoms with Gasteiger partial charge in [0.05, 0.1) is 32.3 Å². The van der Waals surface area contributed by atoms with E-state index in [2.05, 4.69) is 26.0 Å². The number of nitrogens with zero attached hydrogens (tertiary/aromatic N) is 4. The SMILES string of the molecule is CC1CCCN(S(=O)(=O)c2ccc(C(=O)N(/N=C/c3coc4ccccc4c3=O)c3nc4ccc(Br)cc4s3)cc2)C1. The second-order valence-electron chi connectivity index (χ2n) is 10.1. The standard InChI is InChI=1S/C30H25BrN4O5S2/c1-19-5-4-14-34(17-19)42(38,39)23-11-8-20(9-12-23)29(37)35(30-33-25-13-10-22(31)15-27(25)41-30)32-16-21-18-40-26-7-3-2-6-24(26)28(21)36/h2-3,6-13,15-16,18-19H,4-5,14,17H2,1H3/b32-16+. The number of hydrazone groups is 1. The first kappa shape index (κ1) is 28.4. The van der Waals surface area contributed by atoms with E-state index in [1.165, 1.54) is 52.4 Å². The Morgan fingerprint density at radius 2 is 1.95 bits per heavy atom. The summed E-state index contributed by atoms with van der Waals surface area (Å²) in [5.74, 6) is -0.245. The molecule has 9 nitrogen and oxygen atoms in total. The first-order chi connectivity index (χ1) is 20.2. The molecule has 3 heterocycles. The number of halogens is 1. The molecule has 1 saturated heterocycles. The first-order valence-corrected chi connectivity index (χ1v) is 16.3. The fourth-order valence-electron chi connectivity index (χ4n) is 4.87. The number of anilines is 1. The Balaban J connectivity index is 1.36. The van der Waals surface area contributed by atoms with E-state index >= 15 is 0 Å². The Labute approximate surface area is 254 Å². The normalized spacial score (nSPS) is 16.4. The lowest BCUT2D eigenvalue weighted by Crippen LogP contribution is -2.39. The number of rotatable bonds is 6. The summed E-state index contributed by atoms with van der Waals surface area (Å²) in [6.45, 7) is 3.00. The Morgan fingerprint density at radius 1 is 1.17 bits per heavy atom. The van der Waals surface area contributed by atoms with Crippen LogP contribution in [-0.2, 0) is 10.0 Å². The van der Waals surface area contributed by atoms with Crippen molar-refractivity contribution in [3.05, 3.63) is 98.8 Å². The third kappa shape index (κ3) is 5.54. The second-order valence-corrected chi connectivity index (χ2v) is 14.0. The molecule has 0 aliphatic carbocycles. The van der Waals surface area contributed by atoms with E-state index in [9.17, 15) is 18.0 Å². The van der Waals surface area contributed by atoms with Gasteiger partial charge in [0, 0.05) is 23.1 Å². The topological polar surface area (TPSA) is 113 Å². The predicted molar refractivity (Wildman–Crippen MR) is 168 cm³/mol. The molecule has 12 heteroatoms. The van der Waals surface area contributed by atoms with Crippen LogP contribution in [0.3, 0.4) is 0 Å². The molecule has 6 rings (SSSR count). The number of benzene rings is 3. The maximum absolute atomic E-state index is 13.8. The number of piperidine rings is 1. The Bertz CT molecular complexity index is 2000. The van der Waals surface area contributed by atoms with Gasteiger partial charge in [0.15, 0.2) is 0 Å². The summed E-state index contributed by atoms with van der Waals surface area (Å²) in [6.07, 6.45) is 4.39.